The van der Waals surface area contributed by atoms with Crippen LogP contribution in [0.2, 0.25) is 5.02 Å². The summed E-state index contributed by atoms with van der Waals surface area (Å²) in [6.45, 7) is 2.46. The van der Waals surface area contributed by atoms with Crippen LogP contribution in [0.4, 0.5) is 4.39 Å². The van der Waals surface area contributed by atoms with Gasteiger partial charge in [0, 0.05) is 19.5 Å². The summed E-state index contributed by atoms with van der Waals surface area (Å²) in [4.78, 5) is 25.4. The first kappa shape index (κ1) is 14.8. The summed E-state index contributed by atoms with van der Waals surface area (Å²) in [6.07, 6.45) is 0.800. The molecule has 1 saturated heterocycles. The van der Waals surface area contributed by atoms with Gasteiger partial charge in [-0.1, -0.05) is 24.6 Å². The van der Waals surface area contributed by atoms with Crippen LogP contribution in [-0.4, -0.2) is 29.3 Å². The van der Waals surface area contributed by atoms with E-state index in [2.05, 4.69) is 5.32 Å². The zero-order valence-electron chi connectivity index (χ0n) is 11.2. The second-order valence-corrected chi connectivity index (χ2v) is 5.19. The van der Waals surface area contributed by atoms with E-state index in [9.17, 15) is 14.0 Å². The third-order valence-electron chi connectivity index (χ3n) is 3.32. The fraction of sp³-hybridized carbons (Fsp3) is 0.429. The molecule has 1 aliphatic heterocycles. The molecule has 1 fully saturated rings. The minimum absolute atomic E-state index is 0.0548. The monoisotopic (exact) mass is 298 g/mol. The number of carbonyl (C=O) groups is 2. The zero-order valence-corrected chi connectivity index (χ0v) is 11.9. The first-order chi connectivity index (χ1) is 9.51. The normalized spacial score (nSPS) is 19.8. The second kappa shape index (κ2) is 6.22. The molecular weight excluding hydrogens is 283 g/mol. The lowest BCUT2D eigenvalue weighted by Crippen LogP contribution is -2.43. The predicted molar refractivity (Wildman–Crippen MR) is 73.7 cm³/mol. The van der Waals surface area contributed by atoms with Crippen molar-refractivity contribution in [3.63, 3.8) is 0 Å². The van der Waals surface area contributed by atoms with Crippen molar-refractivity contribution in [2.75, 3.05) is 6.54 Å². The van der Waals surface area contributed by atoms with Gasteiger partial charge in [0.15, 0.2) is 0 Å². The lowest BCUT2D eigenvalue weighted by atomic mass is 10.1. The summed E-state index contributed by atoms with van der Waals surface area (Å²) in [7, 11) is 0. The SMILES string of the molecule is CCC1NC(=O)CCN(Cc2ccc(Cl)c(F)c2)C1=O. The van der Waals surface area contributed by atoms with E-state index in [1.165, 1.54) is 12.1 Å². The fourth-order valence-corrected chi connectivity index (χ4v) is 2.30. The van der Waals surface area contributed by atoms with Gasteiger partial charge in [0.25, 0.3) is 0 Å². The average molecular weight is 299 g/mol. The van der Waals surface area contributed by atoms with E-state index in [1.807, 2.05) is 6.92 Å². The van der Waals surface area contributed by atoms with Crippen molar-refractivity contribution in [2.24, 2.45) is 0 Å². The fourth-order valence-electron chi connectivity index (χ4n) is 2.19. The van der Waals surface area contributed by atoms with Crippen LogP contribution in [0, 0.1) is 5.82 Å². The molecule has 0 spiro atoms. The van der Waals surface area contributed by atoms with Gasteiger partial charge in [-0.05, 0) is 24.1 Å². The number of carbonyl (C=O) groups excluding carboxylic acids is 2. The zero-order chi connectivity index (χ0) is 14.7. The van der Waals surface area contributed by atoms with Gasteiger partial charge < -0.3 is 10.2 Å². The van der Waals surface area contributed by atoms with Crippen LogP contribution in [0.15, 0.2) is 18.2 Å². The van der Waals surface area contributed by atoms with Gasteiger partial charge >= 0.3 is 0 Å². The molecule has 1 heterocycles. The van der Waals surface area contributed by atoms with Crippen molar-refractivity contribution in [1.82, 2.24) is 10.2 Å². The van der Waals surface area contributed by atoms with Crippen molar-refractivity contribution < 1.29 is 14.0 Å². The summed E-state index contributed by atoms with van der Waals surface area (Å²) in [5.74, 6) is -0.767. The molecule has 2 rings (SSSR count). The Balaban J connectivity index is 2.15. The van der Waals surface area contributed by atoms with Crippen LogP contribution in [0.1, 0.15) is 25.3 Å². The molecule has 1 N–H and O–H groups in total. The first-order valence-electron chi connectivity index (χ1n) is 6.53. The second-order valence-electron chi connectivity index (χ2n) is 4.79. The van der Waals surface area contributed by atoms with E-state index in [-0.39, 0.29) is 29.8 Å². The van der Waals surface area contributed by atoms with Crippen LogP contribution in [0.25, 0.3) is 0 Å². The van der Waals surface area contributed by atoms with Gasteiger partial charge in [-0.2, -0.15) is 0 Å². The molecular formula is C14H16ClFN2O2. The molecule has 0 saturated carbocycles. The Bertz CT molecular complexity index is 536. The quantitative estimate of drug-likeness (QED) is 0.929. The summed E-state index contributed by atoms with van der Waals surface area (Å²) in [6, 6.07) is 3.97. The Kier molecular flexibility index (Phi) is 4.60. The third-order valence-corrected chi connectivity index (χ3v) is 3.63. The molecule has 4 nitrogen and oxygen atoms in total. The van der Waals surface area contributed by atoms with E-state index in [4.69, 9.17) is 11.6 Å². The van der Waals surface area contributed by atoms with Crippen molar-refractivity contribution in [3.05, 3.63) is 34.6 Å². The van der Waals surface area contributed by atoms with Gasteiger partial charge in [0.1, 0.15) is 11.9 Å². The topological polar surface area (TPSA) is 49.4 Å². The predicted octanol–water partition coefficient (Wildman–Crippen LogP) is 2.11. The number of halogens is 2. The van der Waals surface area contributed by atoms with Crippen LogP contribution < -0.4 is 5.32 Å². The van der Waals surface area contributed by atoms with E-state index in [0.29, 0.717) is 18.5 Å². The van der Waals surface area contributed by atoms with E-state index in [0.717, 1.165) is 0 Å². The third kappa shape index (κ3) is 3.28. The highest BCUT2D eigenvalue weighted by molar-refractivity contribution is 6.30. The lowest BCUT2D eigenvalue weighted by molar-refractivity contribution is -0.134. The molecule has 1 atom stereocenters. The van der Waals surface area contributed by atoms with Crippen molar-refractivity contribution in [3.8, 4) is 0 Å². The number of nitrogens with one attached hydrogen (secondary N) is 1. The summed E-state index contributed by atoms with van der Waals surface area (Å²) >= 11 is 5.63. The summed E-state index contributed by atoms with van der Waals surface area (Å²) < 4.78 is 13.4. The first-order valence-corrected chi connectivity index (χ1v) is 6.91. The largest absolute Gasteiger partial charge is 0.344 e. The minimum atomic E-state index is -0.507. The maximum atomic E-state index is 13.4. The minimum Gasteiger partial charge on any atom is -0.344 e. The van der Waals surface area contributed by atoms with Gasteiger partial charge in [-0.15, -0.1) is 0 Å². The molecule has 1 aromatic rings. The molecule has 6 heteroatoms. The molecule has 1 aromatic carbocycles. The van der Waals surface area contributed by atoms with E-state index in [1.54, 1.807) is 11.0 Å². The Labute approximate surface area is 121 Å². The highest BCUT2D eigenvalue weighted by Gasteiger charge is 2.28. The molecule has 1 aliphatic rings. The standard InChI is InChI=1S/C14H16ClFN2O2/c1-2-12-14(20)18(6-5-13(19)17-12)8-9-3-4-10(15)11(16)7-9/h3-4,7,12H,2,5-6,8H2,1H3,(H,17,19). The van der Waals surface area contributed by atoms with E-state index >= 15 is 0 Å². The van der Waals surface area contributed by atoms with Gasteiger partial charge in [0.05, 0.1) is 5.02 Å². The van der Waals surface area contributed by atoms with E-state index < -0.39 is 11.9 Å². The smallest absolute Gasteiger partial charge is 0.245 e. The molecule has 1 unspecified atom stereocenters. The van der Waals surface area contributed by atoms with Crippen LogP contribution in [0.3, 0.4) is 0 Å². The number of benzene rings is 1. The molecule has 20 heavy (non-hydrogen) atoms. The van der Waals surface area contributed by atoms with Crippen molar-refractivity contribution >= 4 is 23.4 Å². The molecule has 0 radical (unpaired) electrons. The van der Waals surface area contributed by atoms with Crippen LogP contribution in [0.5, 0.6) is 0 Å². The van der Waals surface area contributed by atoms with Crippen molar-refractivity contribution in [1.29, 1.82) is 0 Å². The molecule has 0 aromatic heterocycles. The maximum Gasteiger partial charge on any atom is 0.245 e. The van der Waals surface area contributed by atoms with Crippen LogP contribution in [-0.2, 0) is 16.1 Å². The van der Waals surface area contributed by atoms with Gasteiger partial charge in [-0.3, -0.25) is 9.59 Å². The lowest BCUT2D eigenvalue weighted by Gasteiger charge is -2.23. The molecule has 108 valence electrons. The highest BCUT2D eigenvalue weighted by atomic mass is 35.5. The Hall–Kier alpha value is -1.62. The number of hydrogen-bond donors (Lipinski definition) is 1. The van der Waals surface area contributed by atoms with Crippen molar-refractivity contribution in [2.45, 2.75) is 32.4 Å². The average Bonchev–Trinajstić information content (AvgIpc) is 2.55. The molecule has 0 aliphatic carbocycles. The number of rotatable bonds is 3. The number of hydrogen-bond acceptors (Lipinski definition) is 2. The maximum absolute atomic E-state index is 13.4. The molecule has 2 amide bonds. The summed E-state index contributed by atoms with van der Waals surface area (Å²) in [5.41, 5.74) is 0.657. The number of amides is 2. The van der Waals surface area contributed by atoms with Gasteiger partial charge in [0.2, 0.25) is 11.8 Å². The number of nitrogens with zero attached hydrogens (tertiary/aromatic N) is 1. The van der Waals surface area contributed by atoms with Gasteiger partial charge in [-0.25, -0.2) is 4.39 Å². The van der Waals surface area contributed by atoms with Crippen LogP contribution >= 0.6 is 11.6 Å². The molecule has 0 bridgehead atoms. The summed E-state index contributed by atoms with van der Waals surface area (Å²) in [5, 5.41) is 2.74. The Morgan fingerprint density at radius 2 is 2.20 bits per heavy atom. The Morgan fingerprint density at radius 3 is 2.85 bits per heavy atom. The highest BCUT2D eigenvalue weighted by Crippen LogP contribution is 2.18. The Morgan fingerprint density at radius 1 is 1.45 bits per heavy atom.